The lowest BCUT2D eigenvalue weighted by molar-refractivity contribution is -0.0299. The van der Waals surface area contributed by atoms with Crippen molar-refractivity contribution >= 4 is 21.9 Å². The first-order valence-electron chi connectivity index (χ1n) is 5.28. The lowest BCUT2D eigenvalue weighted by atomic mass is 10.0. The summed E-state index contributed by atoms with van der Waals surface area (Å²) in [6, 6.07) is 1.58. The highest BCUT2D eigenvalue weighted by molar-refractivity contribution is 9.10. The van der Waals surface area contributed by atoms with E-state index in [0.29, 0.717) is 19.8 Å². The number of methoxy groups -OCH3 is 1. The first-order valence-corrected chi connectivity index (χ1v) is 6.07. The van der Waals surface area contributed by atoms with Gasteiger partial charge >= 0.3 is 5.97 Å². The molecule has 1 aromatic heterocycles. The highest BCUT2D eigenvalue weighted by Crippen LogP contribution is 2.26. The van der Waals surface area contributed by atoms with Gasteiger partial charge < -0.3 is 19.1 Å². The van der Waals surface area contributed by atoms with Crippen LogP contribution in [0.25, 0.3) is 0 Å². The topological polar surface area (TPSA) is 60.7 Å². The number of rotatable bonds is 4. The molecule has 0 bridgehead atoms. The molecule has 0 saturated carbocycles. The summed E-state index contributed by atoms with van der Waals surface area (Å²) in [5.41, 5.74) is -0.164. The van der Waals surface area contributed by atoms with E-state index in [1.165, 1.54) is 0 Å². The average Bonchev–Trinajstić information content (AvgIpc) is 2.87. The Balaban J connectivity index is 2.25. The number of carboxylic acid groups (broad SMARTS) is 1. The third-order valence-electron chi connectivity index (χ3n) is 3.04. The minimum Gasteiger partial charge on any atom is -0.477 e. The van der Waals surface area contributed by atoms with Gasteiger partial charge in [0.1, 0.15) is 11.3 Å². The zero-order valence-electron chi connectivity index (χ0n) is 9.48. The first-order chi connectivity index (χ1) is 8.06. The maximum atomic E-state index is 11.1. The summed E-state index contributed by atoms with van der Waals surface area (Å²) in [6.45, 7) is 1.63. The van der Waals surface area contributed by atoms with E-state index in [1.54, 1.807) is 23.9 Å². The van der Waals surface area contributed by atoms with Gasteiger partial charge in [-0.2, -0.15) is 0 Å². The van der Waals surface area contributed by atoms with Crippen molar-refractivity contribution in [2.75, 3.05) is 20.3 Å². The Labute approximate surface area is 107 Å². The molecule has 0 aliphatic carbocycles. The van der Waals surface area contributed by atoms with Crippen LogP contribution in [0, 0.1) is 0 Å². The van der Waals surface area contributed by atoms with E-state index in [9.17, 15) is 4.79 Å². The van der Waals surface area contributed by atoms with E-state index in [-0.39, 0.29) is 5.69 Å². The minimum absolute atomic E-state index is 0.250. The molecule has 0 radical (unpaired) electrons. The Kier molecular flexibility index (Phi) is 3.56. The van der Waals surface area contributed by atoms with Gasteiger partial charge in [-0.3, -0.25) is 0 Å². The largest absolute Gasteiger partial charge is 0.477 e. The Bertz CT molecular complexity index is 423. The third-order valence-corrected chi connectivity index (χ3v) is 3.47. The summed E-state index contributed by atoms with van der Waals surface area (Å²) in [6.07, 6.45) is 2.53. The van der Waals surface area contributed by atoms with E-state index < -0.39 is 11.6 Å². The second-order valence-electron chi connectivity index (χ2n) is 4.17. The van der Waals surface area contributed by atoms with Gasteiger partial charge in [-0.25, -0.2) is 4.79 Å². The van der Waals surface area contributed by atoms with Crippen molar-refractivity contribution in [1.82, 2.24) is 4.57 Å². The molecular weight excluding hydrogens is 290 g/mol. The fraction of sp³-hybridized carbons (Fsp3) is 0.545. The predicted molar refractivity (Wildman–Crippen MR) is 64.3 cm³/mol. The number of hydrogen-bond donors (Lipinski definition) is 1. The monoisotopic (exact) mass is 303 g/mol. The van der Waals surface area contributed by atoms with Gasteiger partial charge in [-0.1, -0.05) is 0 Å². The number of carboxylic acids is 1. The van der Waals surface area contributed by atoms with Gasteiger partial charge in [0, 0.05) is 30.8 Å². The molecule has 5 nitrogen and oxygen atoms in total. The van der Waals surface area contributed by atoms with Crippen LogP contribution in [0.3, 0.4) is 0 Å². The SMILES string of the molecule is COC1(Cn2cc(Br)cc2C(=O)O)CCOC1. The maximum absolute atomic E-state index is 11.1. The van der Waals surface area contributed by atoms with Crippen LogP contribution in [0.15, 0.2) is 16.7 Å². The molecule has 0 spiro atoms. The fourth-order valence-electron chi connectivity index (χ4n) is 2.03. The zero-order chi connectivity index (χ0) is 12.5. The van der Waals surface area contributed by atoms with Crippen LogP contribution in [0.4, 0.5) is 0 Å². The molecule has 1 unspecified atom stereocenters. The summed E-state index contributed by atoms with van der Waals surface area (Å²) in [5, 5.41) is 9.10. The molecule has 1 aromatic rings. The summed E-state index contributed by atoms with van der Waals surface area (Å²) in [5.74, 6) is -0.944. The lowest BCUT2D eigenvalue weighted by Crippen LogP contribution is -2.37. The summed E-state index contributed by atoms with van der Waals surface area (Å²) < 4.78 is 13.3. The van der Waals surface area contributed by atoms with Gasteiger partial charge in [0.05, 0.1) is 13.2 Å². The molecule has 6 heteroatoms. The number of carbonyl (C=O) groups is 1. The Morgan fingerprint density at radius 1 is 1.76 bits per heavy atom. The summed E-state index contributed by atoms with van der Waals surface area (Å²) >= 11 is 3.28. The maximum Gasteiger partial charge on any atom is 0.352 e. The van der Waals surface area contributed by atoms with Crippen LogP contribution < -0.4 is 0 Å². The van der Waals surface area contributed by atoms with Crippen LogP contribution in [0.2, 0.25) is 0 Å². The number of aromatic carboxylic acids is 1. The van der Waals surface area contributed by atoms with Gasteiger partial charge in [0.25, 0.3) is 0 Å². The number of nitrogens with zero attached hydrogens (tertiary/aromatic N) is 1. The standard InChI is InChI=1S/C11H14BrNO4/c1-16-11(2-3-17-7-11)6-13-5-8(12)4-9(13)10(14)15/h4-5H,2-3,6-7H2,1H3,(H,14,15). The fourth-order valence-corrected chi connectivity index (χ4v) is 2.50. The van der Waals surface area contributed by atoms with Gasteiger partial charge in [-0.05, 0) is 22.0 Å². The van der Waals surface area contributed by atoms with Crippen molar-refractivity contribution in [3.05, 3.63) is 22.4 Å². The van der Waals surface area contributed by atoms with Gasteiger partial charge in [0.15, 0.2) is 0 Å². The summed E-state index contributed by atoms with van der Waals surface area (Å²) in [7, 11) is 1.63. The van der Waals surface area contributed by atoms with E-state index >= 15 is 0 Å². The van der Waals surface area contributed by atoms with E-state index in [0.717, 1.165) is 10.9 Å². The molecule has 2 rings (SSSR count). The van der Waals surface area contributed by atoms with E-state index in [1.807, 2.05) is 0 Å². The molecule has 1 aliphatic rings. The molecule has 1 atom stereocenters. The second kappa shape index (κ2) is 4.80. The average molecular weight is 304 g/mol. The van der Waals surface area contributed by atoms with Crippen LogP contribution >= 0.6 is 15.9 Å². The predicted octanol–water partition coefficient (Wildman–Crippen LogP) is 1.75. The zero-order valence-corrected chi connectivity index (χ0v) is 11.1. The smallest absolute Gasteiger partial charge is 0.352 e. The molecule has 17 heavy (non-hydrogen) atoms. The normalized spacial score (nSPS) is 24.1. The van der Waals surface area contributed by atoms with Gasteiger partial charge in [0.2, 0.25) is 0 Å². The van der Waals surface area contributed by atoms with Crippen molar-refractivity contribution < 1.29 is 19.4 Å². The Morgan fingerprint density at radius 3 is 3.06 bits per heavy atom. The molecule has 0 aromatic carbocycles. The van der Waals surface area contributed by atoms with Crippen LogP contribution in [0.5, 0.6) is 0 Å². The molecule has 1 fully saturated rings. The van der Waals surface area contributed by atoms with Crippen LogP contribution in [0.1, 0.15) is 16.9 Å². The van der Waals surface area contributed by atoms with Crippen molar-refractivity contribution in [1.29, 1.82) is 0 Å². The third kappa shape index (κ3) is 2.53. The molecular formula is C11H14BrNO4. The molecule has 1 aliphatic heterocycles. The minimum atomic E-state index is -0.944. The number of halogens is 1. The molecule has 1 N–H and O–H groups in total. The highest BCUT2D eigenvalue weighted by atomic mass is 79.9. The second-order valence-corrected chi connectivity index (χ2v) is 5.08. The molecule has 0 amide bonds. The molecule has 2 heterocycles. The number of aromatic nitrogens is 1. The lowest BCUT2D eigenvalue weighted by Gasteiger charge is -2.26. The number of hydrogen-bond acceptors (Lipinski definition) is 3. The van der Waals surface area contributed by atoms with Crippen LogP contribution in [-0.2, 0) is 16.0 Å². The van der Waals surface area contributed by atoms with Crippen molar-refractivity contribution in [3.8, 4) is 0 Å². The molecule has 94 valence electrons. The van der Waals surface area contributed by atoms with Crippen molar-refractivity contribution in [3.63, 3.8) is 0 Å². The molecule has 1 saturated heterocycles. The number of ether oxygens (including phenoxy) is 2. The van der Waals surface area contributed by atoms with E-state index in [2.05, 4.69) is 15.9 Å². The van der Waals surface area contributed by atoms with Crippen molar-refractivity contribution in [2.24, 2.45) is 0 Å². The van der Waals surface area contributed by atoms with E-state index in [4.69, 9.17) is 14.6 Å². The van der Waals surface area contributed by atoms with Crippen LogP contribution in [-0.4, -0.2) is 41.6 Å². The Hall–Kier alpha value is -0.850. The first kappa shape index (κ1) is 12.6. The highest BCUT2D eigenvalue weighted by Gasteiger charge is 2.36. The quantitative estimate of drug-likeness (QED) is 0.920. The van der Waals surface area contributed by atoms with Gasteiger partial charge in [-0.15, -0.1) is 0 Å². The van der Waals surface area contributed by atoms with Crippen molar-refractivity contribution in [2.45, 2.75) is 18.6 Å². The Morgan fingerprint density at radius 2 is 2.53 bits per heavy atom. The summed E-state index contributed by atoms with van der Waals surface area (Å²) in [4.78, 5) is 11.1.